The number of hydrogen-bond acceptors (Lipinski definition) is 6. The Morgan fingerprint density at radius 3 is 2.35 bits per heavy atom. The molecule has 0 spiro atoms. The van der Waals surface area contributed by atoms with Crippen LogP contribution in [-0.4, -0.2) is 35.5 Å². The van der Waals surface area contributed by atoms with Gasteiger partial charge < -0.3 is 9.47 Å². The summed E-state index contributed by atoms with van der Waals surface area (Å²) in [5.74, 6) is -1.01. The molecule has 1 amide bonds. The third-order valence-electron chi connectivity index (χ3n) is 2.04. The van der Waals surface area contributed by atoms with Crippen LogP contribution in [0.1, 0.15) is 45.0 Å². The zero-order chi connectivity index (χ0) is 18.0. The maximum atomic E-state index is 13.2. The van der Waals surface area contributed by atoms with Crippen LogP contribution < -0.4 is 5.32 Å². The van der Waals surface area contributed by atoms with Crippen LogP contribution in [-0.2, 0) is 14.3 Å². The molecule has 23 heavy (non-hydrogen) atoms. The highest BCUT2D eigenvalue weighted by Gasteiger charge is 2.18. The fraction of sp³-hybridized carbons (Fsp3) is 0.467. The van der Waals surface area contributed by atoms with Crippen LogP contribution in [0.2, 0.25) is 0 Å². The first-order valence-electron chi connectivity index (χ1n) is 6.82. The first kappa shape index (κ1) is 20.5. The zero-order valence-electron chi connectivity index (χ0n) is 13.8. The molecule has 0 aliphatic carbocycles. The number of esters is 1. The summed E-state index contributed by atoms with van der Waals surface area (Å²) in [6.07, 6.45) is 1.61. The summed E-state index contributed by atoms with van der Waals surface area (Å²) < 4.78 is 22.5. The summed E-state index contributed by atoms with van der Waals surface area (Å²) in [5.41, 5.74) is -0.952. The average molecular weight is 328 g/mol. The Bertz CT molecular complexity index is 555. The maximum absolute atomic E-state index is 13.2. The molecular weight excluding hydrogens is 307 g/mol. The second-order valence-electron chi connectivity index (χ2n) is 5.25. The van der Waals surface area contributed by atoms with Gasteiger partial charge in [-0.05, 0) is 27.7 Å². The van der Waals surface area contributed by atoms with Gasteiger partial charge in [0.25, 0.3) is 0 Å². The van der Waals surface area contributed by atoms with Gasteiger partial charge in [0.15, 0.2) is 12.1 Å². The number of ether oxygens (including phenoxy) is 2. The van der Waals surface area contributed by atoms with Gasteiger partial charge in [0.2, 0.25) is 0 Å². The number of nitrogens with one attached hydrogen (secondary N) is 1. The lowest BCUT2D eigenvalue weighted by Crippen LogP contribution is -2.27. The molecule has 1 heterocycles. The van der Waals surface area contributed by atoms with E-state index < -0.39 is 17.5 Å². The Kier molecular flexibility index (Phi) is 8.46. The number of rotatable bonds is 3. The van der Waals surface area contributed by atoms with Crippen LogP contribution in [0.5, 0.6) is 0 Å². The molecule has 1 aromatic heterocycles. The average Bonchev–Trinajstić information content (AvgIpc) is 2.37. The van der Waals surface area contributed by atoms with Gasteiger partial charge in [-0.15, -0.1) is 0 Å². The van der Waals surface area contributed by atoms with Crippen LogP contribution in [0.15, 0.2) is 12.4 Å². The maximum Gasteiger partial charge on any atom is 0.412 e. The molecule has 0 aromatic carbocycles. The van der Waals surface area contributed by atoms with Gasteiger partial charge in [0.1, 0.15) is 5.60 Å². The molecular formula is C15H21FN2O5. The molecule has 0 radical (unpaired) electrons. The Balaban J connectivity index is 0.000000688. The Hall–Kier alpha value is -2.51. The number of carbonyl (C=O) groups excluding carboxylic acids is 3. The van der Waals surface area contributed by atoms with Gasteiger partial charge in [-0.1, -0.05) is 0 Å². The van der Waals surface area contributed by atoms with E-state index in [1.165, 1.54) is 13.1 Å². The molecule has 1 aromatic rings. The van der Waals surface area contributed by atoms with Crippen molar-refractivity contribution in [1.29, 1.82) is 0 Å². The smallest absolute Gasteiger partial charge is 0.412 e. The van der Waals surface area contributed by atoms with Gasteiger partial charge in [-0.3, -0.25) is 19.9 Å². The Morgan fingerprint density at radius 2 is 1.96 bits per heavy atom. The number of hydrogen-bond donors (Lipinski definition) is 1. The van der Waals surface area contributed by atoms with Crippen molar-refractivity contribution in [3.8, 4) is 0 Å². The SMILES string of the molecule is CC(C)(C)OC(=O)Nc1cncc(F)c1C=O.CCOC(C)=O. The predicted molar refractivity (Wildman–Crippen MR) is 81.7 cm³/mol. The van der Waals surface area contributed by atoms with Crippen LogP contribution in [0, 0.1) is 5.82 Å². The third-order valence-corrected chi connectivity index (χ3v) is 2.04. The minimum absolute atomic E-state index is 0.0192. The lowest BCUT2D eigenvalue weighted by Gasteiger charge is -2.19. The molecule has 7 nitrogen and oxygen atoms in total. The normalized spacial score (nSPS) is 10.0. The summed E-state index contributed by atoms with van der Waals surface area (Å²) in [6, 6.07) is 0. The lowest BCUT2D eigenvalue weighted by molar-refractivity contribution is -0.140. The quantitative estimate of drug-likeness (QED) is 0.677. The minimum atomic E-state index is -0.798. The molecule has 0 bridgehead atoms. The number of nitrogens with zero attached hydrogens (tertiary/aromatic N) is 1. The van der Waals surface area contributed by atoms with Gasteiger partial charge in [0.05, 0.1) is 30.3 Å². The summed E-state index contributed by atoms with van der Waals surface area (Å²) in [5, 5.41) is 2.26. The fourth-order valence-electron chi connectivity index (χ4n) is 1.28. The van der Waals surface area contributed by atoms with E-state index in [0.29, 0.717) is 12.9 Å². The van der Waals surface area contributed by atoms with E-state index in [-0.39, 0.29) is 17.2 Å². The van der Waals surface area contributed by atoms with Crippen molar-refractivity contribution in [3.05, 3.63) is 23.8 Å². The first-order chi connectivity index (χ1) is 10.6. The molecule has 0 fully saturated rings. The van der Waals surface area contributed by atoms with Crippen molar-refractivity contribution in [2.75, 3.05) is 11.9 Å². The Morgan fingerprint density at radius 1 is 1.35 bits per heavy atom. The monoisotopic (exact) mass is 328 g/mol. The number of carbonyl (C=O) groups is 3. The molecule has 1 N–H and O–H groups in total. The minimum Gasteiger partial charge on any atom is -0.466 e. The molecule has 0 atom stereocenters. The van der Waals surface area contributed by atoms with Crippen molar-refractivity contribution in [1.82, 2.24) is 4.98 Å². The Labute approximate surface area is 134 Å². The molecule has 0 unspecified atom stereocenters. The lowest BCUT2D eigenvalue weighted by atomic mass is 10.2. The van der Waals surface area contributed by atoms with Crippen molar-refractivity contribution in [2.24, 2.45) is 0 Å². The second-order valence-corrected chi connectivity index (χ2v) is 5.25. The predicted octanol–water partition coefficient (Wildman–Crippen LogP) is 2.95. The van der Waals surface area contributed by atoms with E-state index >= 15 is 0 Å². The van der Waals surface area contributed by atoms with E-state index in [9.17, 15) is 18.8 Å². The van der Waals surface area contributed by atoms with E-state index in [1.807, 2.05) is 0 Å². The van der Waals surface area contributed by atoms with E-state index in [4.69, 9.17) is 4.74 Å². The molecule has 0 saturated heterocycles. The van der Waals surface area contributed by atoms with Crippen molar-refractivity contribution in [2.45, 2.75) is 40.2 Å². The van der Waals surface area contributed by atoms with Crippen LogP contribution >= 0.6 is 0 Å². The molecule has 8 heteroatoms. The van der Waals surface area contributed by atoms with E-state index in [2.05, 4.69) is 15.0 Å². The largest absolute Gasteiger partial charge is 0.466 e. The van der Waals surface area contributed by atoms with Crippen molar-refractivity contribution >= 4 is 24.0 Å². The number of anilines is 1. The van der Waals surface area contributed by atoms with Crippen molar-refractivity contribution < 1.29 is 28.2 Å². The van der Waals surface area contributed by atoms with Gasteiger partial charge in [0, 0.05) is 6.92 Å². The van der Waals surface area contributed by atoms with Crippen LogP contribution in [0.25, 0.3) is 0 Å². The first-order valence-corrected chi connectivity index (χ1v) is 6.82. The molecule has 0 saturated carbocycles. The number of amides is 1. The van der Waals surface area contributed by atoms with Gasteiger partial charge in [-0.2, -0.15) is 0 Å². The zero-order valence-corrected chi connectivity index (χ0v) is 13.8. The molecule has 0 aliphatic heterocycles. The fourth-order valence-corrected chi connectivity index (χ4v) is 1.28. The van der Waals surface area contributed by atoms with Crippen LogP contribution in [0.4, 0.5) is 14.9 Å². The van der Waals surface area contributed by atoms with Gasteiger partial charge >= 0.3 is 12.1 Å². The summed E-state index contributed by atoms with van der Waals surface area (Å²) in [4.78, 5) is 35.4. The number of halogens is 1. The van der Waals surface area contributed by atoms with Crippen molar-refractivity contribution in [3.63, 3.8) is 0 Å². The van der Waals surface area contributed by atoms with E-state index in [0.717, 1.165) is 6.20 Å². The topological polar surface area (TPSA) is 94.6 Å². The number of aldehydes is 1. The summed E-state index contributed by atoms with van der Waals surface area (Å²) in [6.45, 7) is 8.73. The number of pyridine rings is 1. The second kappa shape index (κ2) is 9.50. The highest BCUT2D eigenvalue weighted by molar-refractivity contribution is 5.92. The molecule has 128 valence electrons. The van der Waals surface area contributed by atoms with Crippen LogP contribution in [0.3, 0.4) is 0 Å². The van der Waals surface area contributed by atoms with Gasteiger partial charge in [-0.25, -0.2) is 9.18 Å². The third kappa shape index (κ3) is 9.18. The molecule has 0 aliphatic rings. The standard InChI is InChI=1S/C11H13FN2O3.C4H8O2/c1-11(2,3)17-10(16)14-9-5-13-4-8(12)7(9)6-15;1-3-6-4(2)5/h4-6H,1-3H3,(H,14,16);3H2,1-2H3. The summed E-state index contributed by atoms with van der Waals surface area (Å²) >= 11 is 0. The summed E-state index contributed by atoms with van der Waals surface area (Å²) in [7, 11) is 0. The molecule has 1 rings (SSSR count). The highest BCUT2D eigenvalue weighted by atomic mass is 19.1. The highest BCUT2D eigenvalue weighted by Crippen LogP contribution is 2.16. The number of aromatic nitrogens is 1. The van der Waals surface area contributed by atoms with E-state index in [1.54, 1.807) is 27.7 Å².